The van der Waals surface area contributed by atoms with Crippen molar-refractivity contribution in [1.82, 2.24) is 9.97 Å². The van der Waals surface area contributed by atoms with Crippen molar-refractivity contribution >= 4 is 22.6 Å². The Morgan fingerprint density at radius 1 is 1.15 bits per heavy atom. The van der Waals surface area contributed by atoms with E-state index in [1.807, 2.05) is 0 Å². The largest absolute Gasteiger partial charge is 0.452 e. The van der Waals surface area contributed by atoms with Crippen molar-refractivity contribution in [3.8, 4) is 0 Å². The zero-order chi connectivity index (χ0) is 24.7. The number of pyridine rings is 2. The Balaban J connectivity index is 1.77. The van der Waals surface area contributed by atoms with Crippen molar-refractivity contribution in [3.63, 3.8) is 0 Å². The molecule has 2 aromatic heterocycles. The van der Waals surface area contributed by atoms with Gasteiger partial charge >= 0.3 is 6.18 Å². The standard InChI is InChI=1S/C22H15F6N5O/c1-30-12-6-13-16(25)9-31-17(19(13)32-8-12)5-11-2-3-15(24)14(4-11)21(10-23)7-18(22(26,27)28)34-20(29)33-21/h2-4,6,8-9,18H,5,7,10H2,(H2,29,33)/t18-,21+/m0/s1. The Hall–Kier alpha value is -3.88. The number of nitrogens with zero attached hydrogens (tertiary/aromatic N) is 4. The predicted octanol–water partition coefficient (Wildman–Crippen LogP) is 4.88. The zero-order valence-corrected chi connectivity index (χ0v) is 17.2. The molecule has 1 aromatic carbocycles. The molecule has 0 aliphatic carbocycles. The smallest absolute Gasteiger partial charge is 0.425 e. The molecular formula is C22H15F6N5O. The van der Waals surface area contributed by atoms with E-state index < -0.39 is 54.1 Å². The van der Waals surface area contributed by atoms with Crippen molar-refractivity contribution in [1.29, 1.82) is 0 Å². The number of alkyl halides is 4. The first-order valence-corrected chi connectivity index (χ1v) is 9.80. The van der Waals surface area contributed by atoms with Crippen LogP contribution in [0.2, 0.25) is 0 Å². The van der Waals surface area contributed by atoms with Crippen molar-refractivity contribution in [3.05, 3.63) is 76.5 Å². The van der Waals surface area contributed by atoms with E-state index in [2.05, 4.69) is 24.5 Å². The molecule has 0 radical (unpaired) electrons. The number of benzene rings is 1. The van der Waals surface area contributed by atoms with Gasteiger partial charge in [0.25, 0.3) is 6.02 Å². The highest BCUT2D eigenvalue weighted by Gasteiger charge is 2.52. The molecule has 2 atom stereocenters. The summed E-state index contributed by atoms with van der Waals surface area (Å²) in [6.07, 6.45) is -6.19. The van der Waals surface area contributed by atoms with Gasteiger partial charge in [-0.25, -0.2) is 23.0 Å². The Labute approximate surface area is 188 Å². The summed E-state index contributed by atoms with van der Waals surface area (Å²) in [4.78, 5) is 15.0. The molecule has 176 valence electrons. The molecule has 12 heteroatoms. The molecule has 0 fully saturated rings. The number of nitrogens with two attached hydrogens (primary N) is 1. The molecule has 0 saturated carbocycles. The second kappa shape index (κ2) is 8.48. The second-order valence-corrected chi connectivity index (χ2v) is 7.71. The third-order valence-electron chi connectivity index (χ3n) is 5.47. The maximum absolute atomic E-state index is 14.8. The third-order valence-corrected chi connectivity index (χ3v) is 5.47. The minimum atomic E-state index is -4.87. The van der Waals surface area contributed by atoms with E-state index in [0.717, 1.165) is 12.3 Å². The van der Waals surface area contributed by atoms with Crippen LogP contribution in [0.5, 0.6) is 0 Å². The van der Waals surface area contributed by atoms with E-state index in [-0.39, 0.29) is 28.7 Å². The lowest BCUT2D eigenvalue weighted by Gasteiger charge is -2.36. The summed E-state index contributed by atoms with van der Waals surface area (Å²) in [5.41, 5.74) is 3.59. The maximum Gasteiger partial charge on any atom is 0.425 e. The summed E-state index contributed by atoms with van der Waals surface area (Å²) in [6.45, 7) is 5.59. The number of hydrogen-bond donors (Lipinski definition) is 1. The fourth-order valence-corrected chi connectivity index (χ4v) is 3.84. The molecule has 0 amide bonds. The fraction of sp³-hybridized carbons (Fsp3) is 0.273. The molecule has 1 aliphatic heterocycles. The highest BCUT2D eigenvalue weighted by molar-refractivity contribution is 5.84. The molecule has 0 spiro atoms. The van der Waals surface area contributed by atoms with Crippen LogP contribution in [0.3, 0.4) is 0 Å². The van der Waals surface area contributed by atoms with E-state index in [9.17, 15) is 26.3 Å². The average molecular weight is 479 g/mol. The first kappa shape index (κ1) is 23.3. The summed E-state index contributed by atoms with van der Waals surface area (Å²) >= 11 is 0. The molecule has 34 heavy (non-hydrogen) atoms. The molecule has 0 bridgehead atoms. The summed E-state index contributed by atoms with van der Waals surface area (Å²) in [7, 11) is 0. The van der Waals surface area contributed by atoms with Gasteiger partial charge in [-0.1, -0.05) is 6.07 Å². The zero-order valence-electron chi connectivity index (χ0n) is 17.2. The molecule has 2 N–H and O–H groups in total. The van der Waals surface area contributed by atoms with Gasteiger partial charge in [0, 0.05) is 30.0 Å². The number of amidine groups is 1. The van der Waals surface area contributed by atoms with Gasteiger partial charge < -0.3 is 10.5 Å². The lowest BCUT2D eigenvalue weighted by atomic mass is 9.83. The molecule has 1 aliphatic rings. The first-order chi connectivity index (χ1) is 16.1. The van der Waals surface area contributed by atoms with Gasteiger partial charge in [-0.15, -0.1) is 0 Å². The Bertz CT molecular complexity index is 1340. The lowest BCUT2D eigenvalue weighted by Crippen LogP contribution is -2.48. The van der Waals surface area contributed by atoms with Crippen molar-refractivity contribution in [2.45, 2.75) is 30.7 Å². The number of rotatable bonds is 4. The molecule has 3 heterocycles. The van der Waals surface area contributed by atoms with Crippen LogP contribution in [0.4, 0.5) is 32.0 Å². The molecule has 4 rings (SSSR count). The van der Waals surface area contributed by atoms with Gasteiger partial charge in [0.1, 0.15) is 23.8 Å². The minimum Gasteiger partial charge on any atom is -0.452 e. The number of halogens is 6. The monoisotopic (exact) mass is 479 g/mol. The lowest BCUT2D eigenvalue weighted by molar-refractivity contribution is -0.209. The van der Waals surface area contributed by atoms with Crippen molar-refractivity contribution in [2.24, 2.45) is 10.7 Å². The van der Waals surface area contributed by atoms with Crippen LogP contribution >= 0.6 is 0 Å². The van der Waals surface area contributed by atoms with Crippen molar-refractivity contribution < 1.29 is 31.1 Å². The Kier molecular flexibility index (Phi) is 5.80. The summed E-state index contributed by atoms with van der Waals surface area (Å²) < 4.78 is 87.6. The molecular weight excluding hydrogens is 464 g/mol. The summed E-state index contributed by atoms with van der Waals surface area (Å²) in [5, 5.41) is 0.0517. The molecule has 6 nitrogen and oxygen atoms in total. The Morgan fingerprint density at radius 2 is 1.91 bits per heavy atom. The number of aromatic nitrogens is 2. The van der Waals surface area contributed by atoms with Gasteiger partial charge in [0.15, 0.2) is 6.10 Å². The van der Waals surface area contributed by atoms with Gasteiger partial charge in [-0.05, 0) is 23.8 Å². The molecule has 0 saturated heterocycles. The maximum atomic E-state index is 14.8. The van der Waals surface area contributed by atoms with Gasteiger partial charge in [0.05, 0.1) is 24.0 Å². The predicted molar refractivity (Wildman–Crippen MR) is 110 cm³/mol. The van der Waals surface area contributed by atoms with Gasteiger partial charge in [-0.2, -0.15) is 13.2 Å². The van der Waals surface area contributed by atoms with Gasteiger partial charge in [0.2, 0.25) is 5.69 Å². The van der Waals surface area contributed by atoms with Crippen LogP contribution in [0.1, 0.15) is 23.2 Å². The van der Waals surface area contributed by atoms with Crippen LogP contribution in [-0.4, -0.2) is 34.9 Å². The first-order valence-electron chi connectivity index (χ1n) is 9.80. The van der Waals surface area contributed by atoms with Crippen LogP contribution in [0.25, 0.3) is 15.7 Å². The van der Waals surface area contributed by atoms with E-state index >= 15 is 0 Å². The number of aliphatic imine (C=N–C) groups is 1. The number of ether oxygens (including phenoxy) is 1. The van der Waals surface area contributed by atoms with Crippen LogP contribution in [-0.2, 0) is 16.7 Å². The minimum absolute atomic E-state index is 0.0326. The highest BCUT2D eigenvalue weighted by atomic mass is 19.4. The molecule has 0 unspecified atom stereocenters. The quantitative estimate of drug-likeness (QED) is 0.428. The normalized spacial score (nSPS) is 20.5. The topological polar surface area (TPSA) is 77.8 Å². The van der Waals surface area contributed by atoms with E-state index in [1.54, 1.807) is 0 Å². The second-order valence-electron chi connectivity index (χ2n) is 7.71. The van der Waals surface area contributed by atoms with Crippen molar-refractivity contribution in [2.75, 3.05) is 6.67 Å². The molecule has 3 aromatic rings. The number of hydrogen-bond acceptors (Lipinski definition) is 5. The van der Waals surface area contributed by atoms with Crippen LogP contribution in [0, 0.1) is 18.2 Å². The number of fused-ring (bicyclic) bond motifs is 1. The van der Waals surface area contributed by atoms with Gasteiger partial charge in [-0.3, -0.25) is 9.97 Å². The SMILES string of the molecule is [C-]#[N+]c1cnc2c(Cc3ccc(F)c([C@]4(CF)C[C@@H](C(F)(F)F)OC(N)=N4)c3)ncc(F)c2c1. The highest BCUT2D eigenvalue weighted by Crippen LogP contribution is 2.42. The average Bonchev–Trinajstić information content (AvgIpc) is 2.80. The van der Waals surface area contributed by atoms with E-state index in [1.165, 1.54) is 24.4 Å². The van der Waals surface area contributed by atoms with E-state index in [4.69, 9.17) is 12.3 Å². The fourth-order valence-electron chi connectivity index (χ4n) is 3.84. The third kappa shape index (κ3) is 4.21. The summed E-state index contributed by atoms with van der Waals surface area (Å²) in [6, 6.07) is 3.89. The summed E-state index contributed by atoms with van der Waals surface area (Å²) in [5.74, 6) is -1.67. The Morgan fingerprint density at radius 3 is 2.59 bits per heavy atom. The van der Waals surface area contributed by atoms with Crippen LogP contribution < -0.4 is 5.73 Å². The van der Waals surface area contributed by atoms with Crippen LogP contribution in [0.15, 0.2) is 41.7 Å². The van der Waals surface area contributed by atoms with E-state index in [0.29, 0.717) is 5.56 Å².